The summed E-state index contributed by atoms with van der Waals surface area (Å²) in [6.07, 6.45) is 1.69. The molecular weight excluding hydrogens is 272 g/mol. The Bertz CT molecular complexity index is 660. The molecule has 2 aliphatic heterocycles. The molecule has 112 valence electrons. The first kappa shape index (κ1) is 12.8. The van der Waals surface area contributed by atoms with Crippen molar-refractivity contribution in [2.45, 2.75) is 6.10 Å². The number of hydrogen-bond acceptors (Lipinski definition) is 7. The first-order valence-electron chi connectivity index (χ1n) is 7.11. The van der Waals surface area contributed by atoms with Crippen LogP contribution in [0.1, 0.15) is 0 Å². The third-order valence-corrected chi connectivity index (χ3v) is 4.20. The van der Waals surface area contributed by atoms with E-state index in [0.717, 1.165) is 24.4 Å². The Morgan fingerprint density at radius 1 is 1.24 bits per heavy atom. The van der Waals surface area contributed by atoms with E-state index in [-0.39, 0.29) is 6.10 Å². The molecule has 0 unspecified atom stereocenters. The monoisotopic (exact) mass is 290 g/mol. The van der Waals surface area contributed by atoms with E-state index < -0.39 is 0 Å². The van der Waals surface area contributed by atoms with Crippen LogP contribution in [0.15, 0.2) is 6.33 Å². The lowest BCUT2D eigenvalue weighted by Gasteiger charge is -2.44. The van der Waals surface area contributed by atoms with E-state index in [1.165, 1.54) is 6.33 Å². The summed E-state index contributed by atoms with van der Waals surface area (Å²) in [4.78, 5) is 10.6. The number of rotatable bonds is 2. The van der Waals surface area contributed by atoms with Gasteiger partial charge in [-0.25, -0.2) is 9.97 Å². The van der Waals surface area contributed by atoms with Crippen molar-refractivity contribution in [3.05, 3.63) is 6.33 Å². The number of nitrogens with zero attached hydrogens (tertiary/aromatic N) is 5. The zero-order valence-corrected chi connectivity index (χ0v) is 11.9. The van der Waals surface area contributed by atoms with Gasteiger partial charge in [0, 0.05) is 26.1 Å². The Balaban J connectivity index is 1.56. The number of nitrogens with two attached hydrogens (primary N) is 1. The molecule has 8 nitrogen and oxygen atoms in total. The van der Waals surface area contributed by atoms with Gasteiger partial charge in [0.25, 0.3) is 0 Å². The maximum atomic E-state index is 5.86. The molecule has 4 rings (SSSR count). The van der Waals surface area contributed by atoms with Crippen LogP contribution in [0.2, 0.25) is 0 Å². The molecule has 0 saturated carbocycles. The zero-order chi connectivity index (χ0) is 14.4. The highest BCUT2D eigenvalue weighted by Gasteiger charge is 2.37. The maximum absolute atomic E-state index is 5.86. The smallest absolute Gasteiger partial charge is 0.155 e. The summed E-state index contributed by atoms with van der Waals surface area (Å²) in [7, 11) is 1.91. The summed E-state index contributed by atoms with van der Waals surface area (Å²) in [5, 5.41) is 4.42. The van der Waals surface area contributed by atoms with Crippen molar-refractivity contribution in [2.75, 3.05) is 43.5 Å². The van der Waals surface area contributed by atoms with Crippen LogP contribution >= 0.6 is 0 Å². The van der Waals surface area contributed by atoms with Crippen LogP contribution < -0.4 is 10.6 Å². The second-order valence-electron chi connectivity index (χ2n) is 5.55. The van der Waals surface area contributed by atoms with Gasteiger partial charge in [-0.2, -0.15) is 5.10 Å². The van der Waals surface area contributed by atoms with E-state index in [4.69, 9.17) is 15.2 Å². The molecule has 2 aromatic heterocycles. The Kier molecular flexibility index (Phi) is 2.93. The van der Waals surface area contributed by atoms with Crippen molar-refractivity contribution in [3.8, 4) is 0 Å². The van der Waals surface area contributed by atoms with Crippen LogP contribution in [-0.4, -0.2) is 58.8 Å². The molecule has 4 heterocycles. The zero-order valence-electron chi connectivity index (χ0n) is 11.9. The van der Waals surface area contributed by atoms with Gasteiger partial charge in [0.05, 0.1) is 25.9 Å². The average molecular weight is 290 g/mol. The maximum Gasteiger partial charge on any atom is 0.155 e. The summed E-state index contributed by atoms with van der Waals surface area (Å²) in [6.45, 7) is 3.94. The van der Waals surface area contributed by atoms with E-state index in [1.807, 2.05) is 11.7 Å². The van der Waals surface area contributed by atoms with E-state index in [9.17, 15) is 0 Å². The Hall–Kier alpha value is -1.93. The first-order valence-corrected chi connectivity index (χ1v) is 7.11. The lowest BCUT2D eigenvalue weighted by Crippen LogP contribution is -2.55. The van der Waals surface area contributed by atoms with Gasteiger partial charge in [0.1, 0.15) is 11.8 Å². The second-order valence-corrected chi connectivity index (χ2v) is 5.55. The first-order chi connectivity index (χ1) is 10.2. The van der Waals surface area contributed by atoms with E-state index >= 15 is 0 Å². The molecule has 2 N–H and O–H groups in total. The largest absolute Gasteiger partial charge is 0.382 e. The van der Waals surface area contributed by atoms with Gasteiger partial charge in [0.15, 0.2) is 17.2 Å². The minimum absolute atomic E-state index is 0.203. The third-order valence-electron chi connectivity index (χ3n) is 4.20. The Morgan fingerprint density at radius 3 is 2.86 bits per heavy atom. The molecule has 2 aromatic rings. The number of ether oxygens (including phenoxy) is 2. The number of aromatic nitrogens is 4. The standard InChI is InChI=1S/C13H18N6O2/c1-18-13(11-10(17-18)12(14)16-7-15-11)19-4-8(5-19)9-6-20-2-3-21-9/h7-9H,2-6H2,1H3,(H2,14,15,16)/t9-/m0/s1. The predicted molar refractivity (Wildman–Crippen MR) is 77.0 cm³/mol. The van der Waals surface area contributed by atoms with Crippen molar-refractivity contribution in [1.82, 2.24) is 19.7 Å². The fraction of sp³-hybridized carbons (Fsp3) is 0.615. The number of hydrogen-bond donors (Lipinski definition) is 1. The molecule has 1 atom stereocenters. The Morgan fingerprint density at radius 2 is 2.10 bits per heavy atom. The molecule has 0 aliphatic carbocycles. The van der Waals surface area contributed by atoms with Crippen LogP contribution in [0.4, 0.5) is 11.6 Å². The quantitative estimate of drug-likeness (QED) is 0.818. The summed E-state index contributed by atoms with van der Waals surface area (Å²) in [6, 6.07) is 0. The molecule has 0 aromatic carbocycles. The predicted octanol–water partition coefficient (Wildman–Crippen LogP) is -0.203. The van der Waals surface area contributed by atoms with Crippen LogP contribution in [-0.2, 0) is 16.5 Å². The van der Waals surface area contributed by atoms with Crippen molar-refractivity contribution in [2.24, 2.45) is 13.0 Å². The van der Waals surface area contributed by atoms with Gasteiger partial charge in [0.2, 0.25) is 0 Å². The van der Waals surface area contributed by atoms with Gasteiger partial charge in [-0.3, -0.25) is 4.68 Å². The highest BCUT2D eigenvalue weighted by molar-refractivity contribution is 5.92. The number of aryl methyl sites for hydroxylation is 1. The summed E-state index contributed by atoms with van der Waals surface area (Å²) in [5.74, 6) is 1.91. The molecular formula is C13H18N6O2. The van der Waals surface area contributed by atoms with Crippen LogP contribution in [0.3, 0.4) is 0 Å². The summed E-state index contributed by atoms with van der Waals surface area (Å²) < 4.78 is 13.1. The minimum atomic E-state index is 0.203. The molecule has 0 amide bonds. The average Bonchev–Trinajstić information content (AvgIpc) is 2.77. The van der Waals surface area contributed by atoms with Crippen LogP contribution in [0, 0.1) is 5.92 Å². The second kappa shape index (κ2) is 4.81. The van der Waals surface area contributed by atoms with Gasteiger partial charge in [-0.05, 0) is 0 Å². The third kappa shape index (κ3) is 2.02. The lowest BCUT2D eigenvalue weighted by molar-refractivity contribution is -0.114. The fourth-order valence-corrected chi connectivity index (χ4v) is 3.06. The normalized spacial score (nSPS) is 23.5. The number of fused-ring (bicyclic) bond motifs is 1. The lowest BCUT2D eigenvalue weighted by atomic mass is 9.93. The molecule has 0 bridgehead atoms. The highest BCUT2D eigenvalue weighted by atomic mass is 16.6. The highest BCUT2D eigenvalue weighted by Crippen LogP contribution is 2.33. The molecule has 2 aliphatic rings. The van der Waals surface area contributed by atoms with Crippen molar-refractivity contribution in [1.29, 1.82) is 0 Å². The van der Waals surface area contributed by atoms with Crippen LogP contribution in [0.25, 0.3) is 11.0 Å². The molecule has 0 spiro atoms. The van der Waals surface area contributed by atoms with Gasteiger partial charge in [-0.1, -0.05) is 0 Å². The van der Waals surface area contributed by atoms with Gasteiger partial charge >= 0.3 is 0 Å². The van der Waals surface area contributed by atoms with E-state index in [2.05, 4.69) is 20.0 Å². The topological polar surface area (TPSA) is 91.3 Å². The molecule has 2 saturated heterocycles. The number of nitrogen functional groups attached to an aromatic ring is 1. The summed E-state index contributed by atoms with van der Waals surface area (Å²) >= 11 is 0. The van der Waals surface area contributed by atoms with Gasteiger partial charge < -0.3 is 20.1 Å². The van der Waals surface area contributed by atoms with Crippen molar-refractivity contribution < 1.29 is 9.47 Å². The molecule has 0 radical (unpaired) electrons. The van der Waals surface area contributed by atoms with Crippen molar-refractivity contribution in [3.63, 3.8) is 0 Å². The summed E-state index contributed by atoms with van der Waals surface area (Å²) in [5.41, 5.74) is 7.33. The number of anilines is 2. The molecule has 2 fully saturated rings. The minimum Gasteiger partial charge on any atom is -0.382 e. The molecule has 21 heavy (non-hydrogen) atoms. The fourth-order valence-electron chi connectivity index (χ4n) is 3.06. The van der Waals surface area contributed by atoms with Crippen molar-refractivity contribution >= 4 is 22.7 Å². The SMILES string of the molecule is Cn1nc2c(N)ncnc2c1N1CC([C@@H]2COCCO2)C1. The van der Waals surface area contributed by atoms with Gasteiger partial charge in [-0.15, -0.1) is 0 Å². The van der Waals surface area contributed by atoms with E-state index in [1.54, 1.807) is 0 Å². The van der Waals surface area contributed by atoms with Crippen LogP contribution in [0.5, 0.6) is 0 Å². The Labute approximate surface area is 121 Å². The van der Waals surface area contributed by atoms with E-state index in [0.29, 0.717) is 37.1 Å². The molecule has 8 heteroatoms.